The topological polar surface area (TPSA) is 77.4 Å². The molecule has 0 aliphatic carbocycles. The van der Waals surface area contributed by atoms with Gasteiger partial charge in [0.1, 0.15) is 10.2 Å². The van der Waals surface area contributed by atoms with Crippen LogP contribution in [0.3, 0.4) is 0 Å². The van der Waals surface area contributed by atoms with E-state index in [0.717, 1.165) is 0 Å². The highest BCUT2D eigenvalue weighted by atomic mass is 79.9. The van der Waals surface area contributed by atoms with Crippen molar-refractivity contribution in [2.24, 2.45) is 11.1 Å². The molecule has 112 valence electrons. The molecule has 0 unspecified atom stereocenters. The van der Waals surface area contributed by atoms with Crippen molar-refractivity contribution in [3.63, 3.8) is 0 Å². The average Bonchev–Trinajstić information content (AvgIpc) is 2.86. The van der Waals surface area contributed by atoms with Crippen molar-refractivity contribution in [2.75, 3.05) is 13.7 Å². The van der Waals surface area contributed by atoms with E-state index in [1.54, 1.807) is 20.8 Å². The van der Waals surface area contributed by atoms with Crippen molar-refractivity contribution < 1.29 is 23.9 Å². The van der Waals surface area contributed by atoms with Crippen molar-refractivity contribution in [2.45, 2.75) is 38.5 Å². The first-order valence-electron chi connectivity index (χ1n) is 6.21. The molecule has 0 N–H and O–H groups in total. The van der Waals surface area contributed by atoms with E-state index in [0.29, 0.717) is 11.2 Å². The first-order valence-corrected chi connectivity index (χ1v) is 7.00. The molecule has 1 amide bonds. The number of rotatable bonds is 1. The molecule has 0 aromatic rings. The van der Waals surface area contributed by atoms with Gasteiger partial charge in [-0.2, -0.15) is 0 Å². The lowest BCUT2D eigenvalue weighted by Crippen LogP contribution is -2.47. The van der Waals surface area contributed by atoms with Crippen LogP contribution in [0.4, 0.5) is 4.79 Å². The van der Waals surface area contributed by atoms with E-state index in [-0.39, 0.29) is 5.92 Å². The van der Waals surface area contributed by atoms with Crippen LogP contribution in [0.5, 0.6) is 0 Å². The molecular formula is C12H17BrN2O5. The third-order valence-corrected chi connectivity index (χ3v) is 3.81. The predicted octanol–water partition coefficient (Wildman–Crippen LogP) is 1.50. The second kappa shape index (κ2) is 5.23. The fourth-order valence-corrected chi connectivity index (χ4v) is 2.73. The molecule has 2 aliphatic heterocycles. The van der Waals surface area contributed by atoms with Crippen molar-refractivity contribution in [3.8, 4) is 0 Å². The zero-order valence-electron chi connectivity index (χ0n) is 11.8. The van der Waals surface area contributed by atoms with E-state index in [4.69, 9.17) is 14.3 Å². The van der Waals surface area contributed by atoms with Crippen LogP contribution in [0.25, 0.3) is 0 Å². The molecule has 7 nitrogen and oxygen atoms in total. The summed E-state index contributed by atoms with van der Waals surface area (Å²) in [4.78, 5) is 30.7. The minimum Gasteiger partial charge on any atom is -0.467 e. The monoisotopic (exact) mass is 348 g/mol. The van der Waals surface area contributed by atoms with Crippen molar-refractivity contribution in [3.05, 3.63) is 0 Å². The Morgan fingerprint density at radius 1 is 1.45 bits per heavy atom. The van der Waals surface area contributed by atoms with E-state index >= 15 is 0 Å². The number of carbonyl (C=O) groups excluding carboxylic acids is 2. The van der Waals surface area contributed by atoms with Crippen LogP contribution in [0.1, 0.15) is 20.8 Å². The molecule has 0 radical (unpaired) electrons. The molecule has 1 fully saturated rings. The zero-order chi connectivity index (χ0) is 15.1. The summed E-state index contributed by atoms with van der Waals surface area (Å²) in [7, 11) is 1.27. The van der Waals surface area contributed by atoms with Crippen molar-refractivity contribution in [1.82, 2.24) is 4.90 Å². The number of esters is 1. The third kappa shape index (κ3) is 2.74. The Morgan fingerprint density at radius 3 is 2.65 bits per heavy atom. The molecule has 0 aromatic heterocycles. The molecule has 20 heavy (non-hydrogen) atoms. The average molecular weight is 349 g/mol. The number of likely N-dealkylation sites (tertiary alicyclic amines) is 1. The Morgan fingerprint density at radius 2 is 2.10 bits per heavy atom. The number of oxime groups is 1. The molecule has 1 saturated heterocycles. The van der Waals surface area contributed by atoms with Gasteiger partial charge in [-0.3, -0.25) is 4.90 Å². The fourth-order valence-electron chi connectivity index (χ4n) is 2.24. The summed E-state index contributed by atoms with van der Waals surface area (Å²) in [6.45, 7) is 5.60. The number of amides is 1. The summed E-state index contributed by atoms with van der Waals surface area (Å²) < 4.78 is 10.7. The Kier molecular flexibility index (Phi) is 3.95. The van der Waals surface area contributed by atoms with Gasteiger partial charge in [0.2, 0.25) is 0 Å². The van der Waals surface area contributed by atoms with E-state index in [9.17, 15) is 9.59 Å². The normalized spacial score (nSPS) is 28.6. The molecule has 0 aromatic carbocycles. The molecule has 0 bridgehead atoms. The summed E-state index contributed by atoms with van der Waals surface area (Å²) in [5, 5.41) is 3.80. The molecule has 8 heteroatoms. The summed E-state index contributed by atoms with van der Waals surface area (Å²) in [6, 6.07) is -0.848. The standard InChI is InChI=1S/C12H17BrN2O5/c1-12(2,3)19-11(17)15-5-6-8(20-14-9(6)13)7(15)10(16)18-4/h6-8H,5H2,1-4H3/t6-,7-,8-/m1/s1. The van der Waals surface area contributed by atoms with Gasteiger partial charge < -0.3 is 14.3 Å². The number of fused-ring (bicyclic) bond motifs is 1. The Labute approximate surface area is 125 Å². The van der Waals surface area contributed by atoms with Gasteiger partial charge in [0, 0.05) is 6.54 Å². The highest BCUT2D eigenvalue weighted by molar-refractivity contribution is 9.18. The maximum atomic E-state index is 12.2. The van der Waals surface area contributed by atoms with Crippen molar-refractivity contribution >= 4 is 32.6 Å². The van der Waals surface area contributed by atoms with Gasteiger partial charge in [-0.05, 0) is 36.7 Å². The van der Waals surface area contributed by atoms with Crippen LogP contribution < -0.4 is 0 Å². The summed E-state index contributed by atoms with van der Waals surface area (Å²) >= 11 is 3.28. The minimum atomic E-state index is -0.848. The summed E-state index contributed by atoms with van der Waals surface area (Å²) in [5.41, 5.74) is -0.637. The van der Waals surface area contributed by atoms with Gasteiger partial charge in [-0.25, -0.2) is 9.59 Å². The number of hydrogen-bond donors (Lipinski definition) is 0. The van der Waals surface area contributed by atoms with Gasteiger partial charge in [0.15, 0.2) is 12.1 Å². The molecule has 2 aliphatic rings. The molecular weight excluding hydrogens is 332 g/mol. The molecule has 3 atom stereocenters. The minimum absolute atomic E-state index is 0.174. The predicted molar refractivity (Wildman–Crippen MR) is 73.5 cm³/mol. The van der Waals surface area contributed by atoms with Crippen LogP contribution in [0.15, 0.2) is 5.16 Å². The van der Waals surface area contributed by atoms with Crippen LogP contribution in [-0.4, -0.2) is 53.0 Å². The second-order valence-electron chi connectivity index (χ2n) is 5.69. The largest absolute Gasteiger partial charge is 0.467 e. The highest BCUT2D eigenvalue weighted by Gasteiger charge is 2.55. The quantitative estimate of drug-likeness (QED) is 0.671. The number of carbonyl (C=O) groups is 2. The van der Waals surface area contributed by atoms with Gasteiger partial charge in [-0.1, -0.05) is 5.16 Å². The molecule has 0 spiro atoms. The van der Waals surface area contributed by atoms with E-state index in [1.807, 2.05) is 0 Å². The van der Waals surface area contributed by atoms with E-state index in [2.05, 4.69) is 21.1 Å². The van der Waals surface area contributed by atoms with Gasteiger partial charge >= 0.3 is 12.1 Å². The Bertz CT molecular complexity index is 459. The van der Waals surface area contributed by atoms with Gasteiger partial charge in [-0.15, -0.1) is 0 Å². The first kappa shape index (κ1) is 15.1. The van der Waals surface area contributed by atoms with Crippen molar-refractivity contribution in [1.29, 1.82) is 0 Å². The SMILES string of the molecule is COC(=O)[C@H]1[C@@H]2ON=C(Br)[C@@H]2CN1C(=O)OC(C)(C)C. The number of methoxy groups -OCH3 is 1. The lowest BCUT2D eigenvalue weighted by Gasteiger charge is -2.28. The van der Waals surface area contributed by atoms with Crippen LogP contribution in [0.2, 0.25) is 0 Å². The smallest absolute Gasteiger partial charge is 0.411 e. The molecule has 0 saturated carbocycles. The van der Waals surface area contributed by atoms with E-state index < -0.39 is 29.8 Å². The van der Waals surface area contributed by atoms with Crippen LogP contribution >= 0.6 is 15.9 Å². The third-order valence-electron chi connectivity index (χ3n) is 3.08. The number of nitrogens with zero attached hydrogens (tertiary/aromatic N) is 2. The fraction of sp³-hybridized carbons (Fsp3) is 0.750. The first-order chi connectivity index (χ1) is 9.24. The van der Waals surface area contributed by atoms with Gasteiger partial charge in [0.05, 0.1) is 13.0 Å². The molecule has 2 rings (SSSR count). The summed E-state index contributed by atoms with van der Waals surface area (Å²) in [6.07, 6.45) is -1.10. The zero-order valence-corrected chi connectivity index (χ0v) is 13.3. The Hall–Kier alpha value is -1.31. The summed E-state index contributed by atoms with van der Waals surface area (Å²) in [5.74, 6) is -0.715. The number of halogens is 1. The lowest BCUT2D eigenvalue weighted by atomic mass is 10.0. The second-order valence-corrected chi connectivity index (χ2v) is 6.50. The van der Waals surface area contributed by atoms with Gasteiger partial charge in [0.25, 0.3) is 0 Å². The Balaban J connectivity index is 2.20. The number of hydrogen-bond acceptors (Lipinski definition) is 6. The van der Waals surface area contributed by atoms with E-state index in [1.165, 1.54) is 12.0 Å². The maximum Gasteiger partial charge on any atom is 0.411 e. The highest BCUT2D eigenvalue weighted by Crippen LogP contribution is 2.35. The maximum absolute atomic E-state index is 12.2. The number of ether oxygens (including phenoxy) is 2. The van der Waals surface area contributed by atoms with Crippen LogP contribution in [-0.2, 0) is 19.1 Å². The van der Waals surface area contributed by atoms with Crippen LogP contribution in [0, 0.1) is 5.92 Å². The lowest BCUT2D eigenvalue weighted by molar-refractivity contribution is -0.149. The molecule has 2 heterocycles.